The molecule has 0 aliphatic heterocycles. The first kappa shape index (κ1) is 13.7. The first-order valence-corrected chi connectivity index (χ1v) is 6.68. The van der Waals surface area contributed by atoms with Gasteiger partial charge in [0.2, 0.25) is 0 Å². The van der Waals surface area contributed by atoms with E-state index in [1.54, 1.807) is 7.11 Å². The van der Waals surface area contributed by atoms with Crippen LogP contribution in [-0.4, -0.2) is 16.7 Å². The first-order valence-electron chi connectivity index (χ1n) is 6.31. The van der Waals surface area contributed by atoms with Crippen molar-refractivity contribution in [3.05, 3.63) is 41.4 Å². The van der Waals surface area contributed by atoms with Gasteiger partial charge in [0.15, 0.2) is 0 Å². The van der Waals surface area contributed by atoms with E-state index >= 15 is 0 Å². The number of nitrogens with one attached hydrogen (secondary N) is 1. The molecule has 0 fully saturated rings. The van der Waals surface area contributed by atoms with Gasteiger partial charge in [-0.05, 0) is 18.6 Å². The highest BCUT2D eigenvalue weighted by molar-refractivity contribution is 6.33. The Hall–Kier alpha value is -1.68. The molecule has 0 saturated carbocycles. The molecular formula is C14H18ClN3O. The molecule has 0 aliphatic rings. The molecule has 0 saturated heterocycles. The summed E-state index contributed by atoms with van der Waals surface area (Å²) in [4.78, 5) is 4.17. The Bertz CT molecular complexity index is 539. The Morgan fingerprint density at radius 2 is 2.26 bits per heavy atom. The zero-order chi connectivity index (χ0) is 13.7. The van der Waals surface area contributed by atoms with Crippen molar-refractivity contribution in [2.24, 2.45) is 0 Å². The van der Waals surface area contributed by atoms with Crippen molar-refractivity contribution in [1.29, 1.82) is 0 Å². The van der Waals surface area contributed by atoms with E-state index in [0.29, 0.717) is 11.6 Å². The Balaban J connectivity index is 2.07. The van der Waals surface area contributed by atoms with Gasteiger partial charge in [0, 0.05) is 18.8 Å². The lowest BCUT2D eigenvalue weighted by Gasteiger charge is -2.11. The minimum atomic E-state index is 0.683. The van der Waals surface area contributed by atoms with Crippen LogP contribution in [0, 0.1) is 0 Å². The van der Waals surface area contributed by atoms with Gasteiger partial charge in [-0.25, -0.2) is 4.98 Å². The highest BCUT2D eigenvalue weighted by Gasteiger charge is 2.05. The molecule has 0 atom stereocenters. The quantitative estimate of drug-likeness (QED) is 0.879. The maximum absolute atomic E-state index is 6.15. The van der Waals surface area contributed by atoms with Crippen LogP contribution in [0.15, 0.2) is 30.7 Å². The molecule has 2 rings (SSSR count). The second kappa shape index (κ2) is 6.48. The third-order valence-corrected chi connectivity index (χ3v) is 3.23. The summed E-state index contributed by atoms with van der Waals surface area (Å²) < 4.78 is 7.33. The van der Waals surface area contributed by atoms with E-state index in [1.807, 2.05) is 30.7 Å². The predicted molar refractivity (Wildman–Crippen MR) is 77.8 cm³/mol. The lowest BCUT2D eigenvalue weighted by atomic mass is 10.3. The molecule has 19 heavy (non-hydrogen) atoms. The molecule has 0 spiro atoms. The maximum atomic E-state index is 6.15. The molecule has 1 N–H and O–H groups in total. The molecule has 2 aromatic rings. The summed E-state index contributed by atoms with van der Waals surface area (Å²) in [5.74, 6) is 0.786. The summed E-state index contributed by atoms with van der Waals surface area (Å²) in [6, 6.07) is 5.56. The number of hydrogen-bond acceptors (Lipinski definition) is 3. The third kappa shape index (κ3) is 3.41. The SMILES string of the molecule is CCCn1cncc1CNc1cc(OC)ccc1Cl. The van der Waals surface area contributed by atoms with Crippen molar-refractivity contribution in [3.63, 3.8) is 0 Å². The Morgan fingerprint density at radius 3 is 3.00 bits per heavy atom. The summed E-state index contributed by atoms with van der Waals surface area (Å²) in [6.07, 6.45) is 4.81. The molecule has 5 heteroatoms. The average Bonchev–Trinajstić information content (AvgIpc) is 2.86. The van der Waals surface area contributed by atoms with E-state index in [1.165, 1.54) is 0 Å². The Kier molecular flexibility index (Phi) is 4.68. The summed E-state index contributed by atoms with van der Waals surface area (Å²) in [5.41, 5.74) is 2.01. The molecule has 0 bridgehead atoms. The molecular weight excluding hydrogens is 262 g/mol. The second-order valence-electron chi connectivity index (χ2n) is 4.28. The number of benzene rings is 1. The van der Waals surface area contributed by atoms with Gasteiger partial charge < -0.3 is 14.6 Å². The molecule has 0 radical (unpaired) electrons. The zero-order valence-corrected chi connectivity index (χ0v) is 11.9. The van der Waals surface area contributed by atoms with E-state index < -0.39 is 0 Å². The van der Waals surface area contributed by atoms with Gasteiger partial charge in [0.05, 0.1) is 36.4 Å². The number of hydrogen-bond donors (Lipinski definition) is 1. The van der Waals surface area contributed by atoms with Gasteiger partial charge in [0.1, 0.15) is 5.75 Å². The summed E-state index contributed by atoms with van der Waals surface area (Å²) >= 11 is 6.15. The van der Waals surface area contributed by atoms with Crippen LogP contribution in [0.3, 0.4) is 0 Å². The molecule has 1 heterocycles. The molecule has 0 amide bonds. The van der Waals surface area contributed by atoms with Crippen LogP contribution in [-0.2, 0) is 13.1 Å². The highest BCUT2D eigenvalue weighted by atomic mass is 35.5. The van der Waals surface area contributed by atoms with Crippen molar-refractivity contribution < 1.29 is 4.74 Å². The fourth-order valence-corrected chi connectivity index (χ4v) is 2.07. The maximum Gasteiger partial charge on any atom is 0.121 e. The van der Waals surface area contributed by atoms with Crippen LogP contribution in [0.2, 0.25) is 5.02 Å². The number of nitrogens with zero attached hydrogens (tertiary/aromatic N) is 2. The summed E-state index contributed by atoms with van der Waals surface area (Å²) in [5, 5.41) is 4.00. The van der Waals surface area contributed by atoms with Crippen molar-refractivity contribution in [3.8, 4) is 5.75 Å². The Labute approximate surface area is 118 Å². The van der Waals surface area contributed by atoms with Crippen LogP contribution in [0.25, 0.3) is 0 Å². The Morgan fingerprint density at radius 1 is 1.42 bits per heavy atom. The average molecular weight is 280 g/mol. The van der Waals surface area contributed by atoms with Gasteiger partial charge in [-0.1, -0.05) is 18.5 Å². The molecule has 0 aliphatic carbocycles. The fraction of sp³-hybridized carbons (Fsp3) is 0.357. The molecule has 1 aromatic heterocycles. The number of anilines is 1. The van der Waals surface area contributed by atoms with Gasteiger partial charge in [-0.15, -0.1) is 0 Å². The molecule has 4 nitrogen and oxygen atoms in total. The lowest BCUT2D eigenvalue weighted by molar-refractivity contribution is 0.415. The van der Waals surface area contributed by atoms with E-state index in [-0.39, 0.29) is 0 Å². The van der Waals surface area contributed by atoms with Crippen molar-refractivity contribution in [1.82, 2.24) is 9.55 Å². The number of imidazole rings is 1. The van der Waals surface area contributed by atoms with Gasteiger partial charge in [-0.3, -0.25) is 0 Å². The topological polar surface area (TPSA) is 39.1 Å². The lowest BCUT2D eigenvalue weighted by Crippen LogP contribution is -2.07. The fourth-order valence-electron chi connectivity index (χ4n) is 1.89. The number of aryl methyl sites for hydroxylation is 1. The van der Waals surface area contributed by atoms with Crippen molar-refractivity contribution in [2.75, 3.05) is 12.4 Å². The van der Waals surface area contributed by atoms with Crippen LogP contribution >= 0.6 is 11.6 Å². The van der Waals surface area contributed by atoms with E-state index in [0.717, 1.165) is 30.1 Å². The molecule has 1 aromatic carbocycles. The van der Waals surface area contributed by atoms with Gasteiger partial charge >= 0.3 is 0 Å². The minimum Gasteiger partial charge on any atom is -0.497 e. The summed E-state index contributed by atoms with van der Waals surface area (Å²) in [6.45, 7) is 3.81. The van der Waals surface area contributed by atoms with Gasteiger partial charge in [0.25, 0.3) is 0 Å². The monoisotopic (exact) mass is 279 g/mol. The number of rotatable bonds is 6. The van der Waals surface area contributed by atoms with Crippen LogP contribution < -0.4 is 10.1 Å². The number of aromatic nitrogens is 2. The van der Waals surface area contributed by atoms with E-state index in [9.17, 15) is 0 Å². The minimum absolute atomic E-state index is 0.683. The standard InChI is InChI=1S/C14H18ClN3O/c1-3-6-18-10-16-8-11(18)9-17-14-7-12(19-2)4-5-13(14)15/h4-5,7-8,10,17H,3,6,9H2,1-2H3. The smallest absolute Gasteiger partial charge is 0.121 e. The molecule has 102 valence electrons. The second-order valence-corrected chi connectivity index (χ2v) is 4.68. The summed E-state index contributed by atoms with van der Waals surface area (Å²) in [7, 11) is 1.64. The van der Waals surface area contributed by atoms with Crippen molar-refractivity contribution in [2.45, 2.75) is 26.4 Å². The van der Waals surface area contributed by atoms with E-state index in [4.69, 9.17) is 16.3 Å². The highest BCUT2D eigenvalue weighted by Crippen LogP contribution is 2.27. The van der Waals surface area contributed by atoms with Crippen molar-refractivity contribution >= 4 is 17.3 Å². The number of methoxy groups -OCH3 is 1. The first-order chi connectivity index (χ1) is 9.24. The van der Waals surface area contributed by atoms with Gasteiger partial charge in [-0.2, -0.15) is 0 Å². The third-order valence-electron chi connectivity index (χ3n) is 2.90. The predicted octanol–water partition coefficient (Wildman–Crippen LogP) is 3.57. The van der Waals surface area contributed by atoms with Crippen LogP contribution in [0.5, 0.6) is 5.75 Å². The largest absolute Gasteiger partial charge is 0.497 e. The zero-order valence-electron chi connectivity index (χ0n) is 11.2. The molecule has 0 unspecified atom stereocenters. The number of ether oxygens (including phenoxy) is 1. The van der Waals surface area contributed by atoms with Crippen LogP contribution in [0.4, 0.5) is 5.69 Å². The number of halogens is 1. The van der Waals surface area contributed by atoms with Crippen LogP contribution in [0.1, 0.15) is 19.0 Å². The van der Waals surface area contributed by atoms with E-state index in [2.05, 4.69) is 21.8 Å². The normalized spacial score (nSPS) is 10.5.